The number of anilines is 1. The highest BCUT2D eigenvalue weighted by Gasteiger charge is 2.29. The summed E-state index contributed by atoms with van der Waals surface area (Å²) in [6.07, 6.45) is 6.58. The van der Waals surface area contributed by atoms with Crippen molar-refractivity contribution in [2.24, 2.45) is 0 Å². The first-order valence-corrected chi connectivity index (χ1v) is 7.60. The van der Waals surface area contributed by atoms with Gasteiger partial charge in [0.05, 0.1) is 25.5 Å². The highest BCUT2D eigenvalue weighted by molar-refractivity contribution is 6.31. The number of rotatable bonds is 3. The van der Waals surface area contributed by atoms with Crippen LogP contribution >= 0.6 is 11.6 Å². The molecule has 0 amide bonds. The third-order valence-corrected chi connectivity index (χ3v) is 4.11. The Balaban J connectivity index is 2.78. The predicted octanol–water partition coefficient (Wildman–Crippen LogP) is 3.45. The van der Waals surface area contributed by atoms with Crippen LogP contribution in [-0.2, 0) is 19.1 Å². The van der Waals surface area contributed by atoms with E-state index in [4.69, 9.17) is 21.1 Å². The van der Waals surface area contributed by atoms with Crippen molar-refractivity contribution in [3.63, 3.8) is 0 Å². The molecule has 6 heteroatoms. The normalized spacial score (nSPS) is 13.8. The number of carbonyl (C=O) groups excluding carboxylic acids is 2. The fourth-order valence-electron chi connectivity index (χ4n) is 2.52. The standard InChI is InChI=1S/C18H18ClNO4/c1-11-8-9-14(19)12(2)15(11)20-10-6-5-7-13(17(21)23-3)16(20)18(22)24-4/h5-10H,1-4H3. The number of nitrogens with zero attached hydrogens (tertiary/aromatic N) is 1. The van der Waals surface area contributed by atoms with Gasteiger partial charge >= 0.3 is 11.9 Å². The van der Waals surface area contributed by atoms with E-state index in [-0.39, 0.29) is 11.3 Å². The van der Waals surface area contributed by atoms with Crippen LogP contribution in [0.25, 0.3) is 0 Å². The minimum atomic E-state index is -0.648. The summed E-state index contributed by atoms with van der Waals surface area (Å²) >= 11 is 6.24. The van der Waals surface area contributed by atoms with Crippen molar-refractivity contribution < 1.29 is 19.1 Å². The molecule has 0 aliphatic carbocycles. The average Bonchev–Trinajstić information content (AvgIpc) is 2.80. The summed E-state index contributed by atoms with van der Waals surface area (Å²) in [4.78, 5) is 26.2. The van der Waals surface area contributed by atoms with Crippen LogP contribution in [0.2, 0.25) is 5.02 Å². The molecule has 0 unspecified atom stereocenters. The van der Waals surface area contributed by atoms with Crippen molar-refractivity contribution in [2.75, 3.05) is 19.1 Å². The van der Waals surface area contributed by atoms with E-state index < -0.39 is 11.9 Å². The molecule has 0 bridgehead atoms. The molecular weight excluding hydrogens is 330 g/mol. The Hall–Kier alpha value is -2.53. The summed E-state index contributed by atoms with van der Waals surface area (Å²) in [5.74, 6) is -1.27. The lowest BCUT2D eigenvalue weighted by atomic mass is 10.1. The average molecular weight is 348 g/mol. The van der Waals surface area contributed by atoms with Crippen molar-refractivity contribution in [3.05, 3.63) is 64.0 Å². The maximum atomic E-state index is 12.4. The van der Waals surface area contributed by atoms with Gasteiger partial charge in [0.2, 0.25) is 0 Å². The number of halogens is 1. The van der Waals surface area contributed by atoms with Crippen molar-refractivity contribution in [1.82, 2.24) is 0 Å². The fourth-order valence-corrected chi connectivity index (χ4v) is 2.67. The van der Waals surface area contributed by atoms with E-state index >= 15 is 0 Å². The molecule has 0 aromatic heterocycles. The molecule has 1 aliphatic heterocycles. The van der Waals surface area contributed by atoms with Crippen LogP contribution in [-0.4, -0.2) is 26.2 Å². The van der Waals surface area contributed by atoms with Gasteiger partial charge in [-0.2, -0.15) is 0 Å². The number of benzene rings is 1. The first-order valence-electron chi connectivity index (χ1n) is 7.23. The van der Waals surface area contributed by atoms with Gasteiger partial charge in [-0.05, 0) is 43.2 Å². The van der Waals surface area contributed by atoms with Crippen LogP contribution < -0.4 is 4.90 Å². The molecule has 2 rings (SSSR count). The van der Waals surface area contributed by atoms with E-state index in [0.29, 0.717) is 10.7 Å². The molecule has 1 aliphatic rings. The summed E-state index contributed by atoms with van der Waals surface area (Å²) in [7, 11) is 2.52. The van der Waals surface area contributed by atoms with Gasteiger partial charge in [0.1, 0.15) is 5.70 Å². The van der Waals surface area contributed by atoms with Crippen molar-refractivity contribution in [1.29, 1.82) is 0 Å². The monoisotopic (exact) mass is 347 g/mol. The third-order valence-electron chi connectivity index (χ3n) is 3.70. The van der Waals surface area contributed by atoms with E-state index in [0.717, 1.165) is 11.1 Å². The van der Waals surface area contributed by atoms with Crippen LogP contribution in [0.15, 0.2) is 47.8 Å². The Morgan fingerprint density at radius 2 is 1.71 bits per heavy atom. The first-order chi connectivity index (χ1) is 11.4. The quantitative estimate of drug-likeness (QED) is 0.784. The minimum Gasteiger partial charge on any atom is -0.465 e. The predicted molar refractivity (Wildman–Crippen MR) is 92.7 cm³/mol. The number of allylic oxidation sites excluding steroid dienone is 2. The van der Waals surface area contributed by atoms with Gasteiger partial charge in [0.25, 0.3) is 0 Å². The Bertz CT molecular complexity index is 777. The topological polar surface area (TPSA) is 55.8 Å². The molecule has 0 saturated carbocycles. The largest absolute Gasteiger partial charge is 0.465 e. The fraction of sp³-hybridized carbons (Fsp3) is 0.222. The number of esters is 2. The van der Waals surface area contributed by atoms with Gasteiger partial charge in [-0.15, -0.1) is 0 Å². The zero-order chi connectivity index (χ0) is 17.9. The van der Waals surface area contributed by atoms with Crippen LogP contribution in [0.5, 0.6) is 0 Å². The van der Waals surface area contributed by atoms with Crippen LogP contribution in [0.3, 0.4) is 0 Å². The molecule has 0 saturated heterocycles. The Morgan fingerprint density at radius 1 is 1.04 bits per heavy atom. The second-order valence-electron chi connectivity index (χ2n) is 5.15. The minimum absolute atomic E-state index is 0.0721. The van der Waals surface area contributed by atoms with E-state index in [1.165, 1.54) is 20.3 Å². The smallest absolute Gasteiger partial charge is 0.355 e. The van der Waals surface area contributed by atoms with Crippen LogP contribution in [0.1, 0.15) is 11.1 Å². The highest BCUT2D eigenvalue weighted by atomic mass is 35.5. The van der Waals surface area contributed by atoms with Crippen molar-refractivity contribution >= 4 is 29.2 Å². The third kappa shape index (κ3) is 3.21. The van der Waals surface area contributed by atoms with Gasteiger partial charge in [-0.25, -0.2) is 9.59 Å². The van der Waals surface area contributed by atoms with E-state index in [2.05, 4.69) is 0 Å². The SMILES string of the molecule is COC(=O)C1=C(C(=O)OC)N(c2c(C)ccc(Cl)c2C)C=CC=C1. The Morgan fingerprint density at radius 3 is 2.33 bits per heavy atom. The van der Waals surface area contributed by atoms with Gasteiger partial charge in [0.15, 0.2) is 0 Å². The molecule has 0 radical (unpaired) electrons. The Kier molecular flexibility index (Phi) is 5.46. The number of methoxy groups -OCH3 is 2. The summed E-state index contributed by atoms with van der Waals surface area (Å²) in [5.41, 5.74) is 2.57. The molecule has 24 heavy (non-hydrogen) atoms. The molecular formula is C18H18ClNO4. The maximum Gasteiger partial charge on any atom is 0.355 e. The second kappa shape index (κ2) is 7.36. The number of hydrogen-bond acceptors (Lipinski definition) is 5. The van der Waals surface area contributed by atoms with Crippen molar-refractivity contribution in [2.45, 2.75) is 13.8 Å². The molecule has 1 heterocycles. The number of aryl methyl sites for hydroxylation is 1. The Labute approximate surface area is 145 Å². The lowest BCUT2D eigenvalue weighted by Crippen LogP contribution is -2.28. The van der Waals surface area contributed by atoms with Gasteiger partial charge < -0.3 is 14.4 Å². The molecule has 1 aromatic rings. The molecule has 0 spiro atoms. The lowest BCUT2D eigenvalue weighted by molar-refractivity contribution is -0.139. The van der Waals surface area contributed by atoms with Gasteiger partial charge in [-0.3, -0.25) is 0 Å². The zero-order valence-corrected chi connectivity index (χ0v) is 14.7. The van der Waals surface area contributed by atoms with E-state index in [1.807, 2.05) is 19.9 Å². The number of carbonyl (C=O) groups is 2. The molecule has 0 atom stereocenters. The van der Waals surface area contributed by atoms with Crippen molar-refractivity contribution in [3.8, 4) is 0 Å². The van der Waals surface area contributed by atoms with E-state index in [9.17, 15) is 9.59 Å². The summed E-state index contributed by atoms with van der Waals surface area (Å²) in [5, 5.41) is 0.560. The summed E-state index contributed by atoms with van der Waals surface area (Å²) in [6, 6.07) is 3.64. The molecule has 5 nitrogen and oxygen atoms in total. The van der Waals surface area contributed by atoms with Crippen LogP contribution in [0.4, 0.5) is 5.69 Å². The molecule has 0 fully saturated rings. The van der Waals surface area contributed by atoms with Crippen LogP contribution in [0, 0.1) is 13.8 Å². The lowest BCUT2D eigenvalue weighted by Gasteiger charge is -2.26. The summed E-state index contributed by atoms with van der Waals surface area (Å²) < 4.78 is 9.69. The van der Waals surface area contributed by atoms with Gasteiger partial charge in [0, 0.05) is 11.2 Å². The molecule has 126 valence electrons. The van der Waals surface area contributed by atoms with Gasteiger partial charge in [-0.1, -0.05) is 23.7 Å². The molecule has 1 aromatic carbocycles. The number of hydrogen-bond donors (Lipinski definition) is 0. The molecule has 0 N–H and O–H groups in total. The maximum absolute atomic E-state index is 12.4. The summed E-state index contributed by atoms with van der Waals surface area (Å²) in [6.45, 7) is 3.75. The number of ether oxygens (including phenoxy) is 2. The first kappa shape index (κ1) is 17.8. The highest BCUT2D eigenvalue weighted by Crippen LogP contribution is 2.35. The van der Waals surface area contributed by atoms with E-state index in [1.54, 1.807) is 29.3 Å². The second-order valence-corrected chi connectivity index (χ2v) is 5.56. The zero-order valence-electron chi connectivity index (χ0n) is 13.9.